The van der Waals surface area contributed by atoms with Gasteiger partial charge in [-0.05, 0) is 35.2 Å². The quantitative estimate of drug-likeness (QED) is 0.861. The van der Waals surface area contributed by atoms with Crippen molar-refractivity contribution in [3.63, 3.8) is 0 Å². The number of methoxy groups -OCH3 is 2. The lowest BCUT2D eigenvalue weighted by molar-refractivity contribution is -0.118. The first-order valence-electron chi connectivity index (χ1n) is 8.08. The summed E-state index contributed by atoms with van der Waals surface area (Å²) in [5.74, 6) is 1.57. The average Bonchev–Trinajstić information content (AvgIpc) is 2.59. The van der Waals surface area contributed by atoms with Crippen LogP contribution < -0.4 is 19.5 Å². The number of hydrogen-bond acceptors (Lipinski definition) is 4. The summed E-state index contributed by atoms with van der Waals surface area (Å²) in [6.07, 6.45) is 0. The van der Waals surface area contributed by atoms with Crippen LogP contribution in [-0.4, -0.2) is 26.7 Å². The van der Waals surface area contributed by atoms with Gasteiger partial charge in [0.05, 0.1) is 19.9 Å². The molecule has 134 valence electrons. The van der Waals surface area contributed by atoms with Gasteiger partial charge in [0.1, 0.15) is 17.2 Å². The number of amides is 1. The van der Waals surface area contributed by atoms with Crippen molar-refractivity contribution in [1.29, 1.82) is 0 Å². The van der Waals surface area contributed by atoms with Gasteiger partial charge in [-0.1, -0.05) is 32.9 Å². The smallest absolute Gasteiger partial charge is 0.262 e. The molecule has 0 spiro atoms. The van der Waals surface area contributed by atoms with Crippen LogP contribution in [0.4, 0.5) is 5.69 Å². The third-order valence-corrected chi connectivity index (χ3v) is 3.77. The van der Waals surface area contributed by atoms with Crippen molar-refractivity contribution in [2.24, 2.45) is 0 Å². The Hall–Kier alpha value is -2.69. The Morgan fingerprint density at radius 3 is 2.16 bits per heavy atom. The lowest BCUT2D eigenvalue weighted by atomic mass is 9.87. The van der Waals surface area contributed by atoms with Gasteiger partial charge in [0.2, 0.25) is 0 Å². The number of carbonyl (C=O) groups excluding carboxylic acids is 1. The summed E-state index contributed by atoms with van der Waals surface area (Å²) in [5.41, 5.74) is 1.84. The van der Waals surface area contributed by atoms with E-state index in [0.29, 0.717) is 22.9 Å². The zero-order chi connectivity index (χ0) is 18.4. The van der Waals surface area contributed by atoms with E-state index < -0.39 is 0 Å². The van der Waals surface area contributed by atoms with Crippen molar-refractivity contribution in [3.8, 4) is 17.2 Å². The van der Waals surface area contributed by atoms with Crippen molar-refractivity contribution in [2.45, 2.75) is 26.2 Å². The lowest BCUT2D eigenvalue weighted by Crippen LogP contribution is -2.20. The normalized spacial score (nSPS) is 10.9. The van der Waals surface area contributed by atoms with Crippen LogP contribution in [0.5, 0.6) is 17.2 Å². The van der Waals surface area contributed by atoms with E-state index in [1.54, 1.807) is 32.4 Å². The Bertz CT molecular complexity index is 717. The Labute approximate surface area is 148 Å². The van der Waals surface area contributed by atoms with E-state index in [1.807, 2.05) is 24.3 Å². The molecule has 0 aliphatic carbocycles. The van der Waals surface area contributed by atoms with Crippen molar-refractivity contribution in [2.75, 3.05) is 26.1 Å². The zero-order valence-electron chi connectivity index (χ0n) is 15.4. The summed E-state index contributed by atoms with van der Waals surface area (Å²) in [6.45, 7) is 6.36. The van der Waals surface area contributed by atoms with Crippen molar-refractivity contribution >= 4 is 11.6 Å². The fourth-order valence-electron chi connectivity index (χ4n) is 2.30. The topological polar surface area (TPSA) is 56.8 Å². The van der Waals surface area contributed by atoms with Crippen molar-refractivity contribution in [1.82, 2.24) is 0 Å². The number of anilines is 1. The van der Waals surface area contributed by atoms with Crippen LogP contribution in [0.2, 0.25) is 0 Å². The fraction of sp³-hybridized carbons (Fsp3) is 0.350. The van der Waals surface area contributed by atoms with Crippen LogP contribution in [-0.2, 0) is 10.2 Å². The van der Waals surface area contributed by atoms with Gasteiger partial charge in [-0.2, -0.15) is 0 Å². The molecule has 1 amide bonds. The predicted octanol–water partition coefficient (Wildman–Crippen LogP) is 4.02. The molecule has 0 aliphatic rings. The van der Waals surface area contributed by atoms with Crippen LogP contribution in [0.1, 0.15) is 26.3 Å². The number of hydrogen-bond donors (Lipinski definition) is 1. The largest absolute Gasteiger partial charge is 0.497 e. The van der Waals surface area contributed by atoms with Gasteiger partial charge >= 0.3 is 0 Å². The first kappa shape index (κ1) is 18.6. The van der Waals surface area contributed by atoms with Crippen LogP contribution in [0.25, 0.3) is 0 Å². The molecule has 5 nitrogen and oxygen atoms in total. The summed E-state index contributed by atoms with van der Waals surface area (Å²) < 4.78 is 16.0. The maximum Gasteiger partial charge on any atom is 0.262 e. The van der Waals surface area contributed by atoms with E-state index >= 15 is 0 Å². The molecular weight excluding hydrogens is 318 g/mol. The third-order valence-electron chi connectivity index (χ3n) is 3.77. The molecule has 0 aliphatic heterocycles. The molecule has 0 bridgehead atoms. The summed E-state index contributed by atoms with van der Waals surface area (Å²) in [4.78, 5) is 12.1. The summed E-state index contributed by atoms with van der Waals surface area (Å²) in [5, 5.41) is 2.77. The van der Waals surface area contributed by atoms with Gasteiger partial charge in [-0.15, -0.1) is 0 Å². The summed E-state index contributed by atoms with van der Waals surface area (Å²) >= 11 is 0. The fourth-order valence-corrected chi connectivity index (χ4v) is 2.30. The van der Waals surface area contributed by atoms with E-state index in [-0.39, 0.29) is 17.9 Å². The molecule has 0 atom stereocenters. The van der Waals surface area contributed by atoms with Crippen LogP contribution >= 0.6 is 0 Å². The minimum Gasteiger partial charge on any atom is -0.497 e. The molecule has 0 unspecified atom stereocenters. The van der Waals surface area contributed by atoms with Crippen molar-refractivity contribution < 1.29 is 19.0 Å². The molecular formula is C20H25NO4. The van der Waals surface area contributed by atoms with E-state index in [0.717, 1.165) is 0 Å². The van der Waals surface area contributed by atoms with Gasteiger partial charge in [-0.3, -0.25) is 4.79 Å². The van der Waals surface area contributed by atoms with Gasteiger partial charge in [0, 0.05) is 6.07 Å². The highest BCUT2D eigenvalue weighted by atomic mass is 16.5. The SMILES string of the molecule is COc1ccc(OC)c(NC(=O)COc2ccc(C(C)(C)C)cc2)c1. The predicted molar refractivity (Wildman–Crippen MR) is 98.8 cm³/mol. The van der Waals surface area contributed by atoms with Gasteiger partial charge in [-0.25, -0.2) is 0 Å². The molecule has 0 saturated heterocycles. The second kappa shape index (κ2) is 7.92. The molecule has 25 heavy (non-hydrogen) atoms. The maximum absolute atomic E-state index is 12.1. The number of ether oxygens (including phenoxy) is 3. The van der Waals surface area contributed by atoms with Gasteiger partial charge in [0.15, 0.2) is 6.61 Å². The second-order valence-corrected chi connectivity index (χ2v) is 6.68. The monoisotopic (exact) mass is 343 g/mol. The van der Waals surface area contributed by atoms with Gasteiger partial charge < -0.3 is 19.5 Å². The molecule has 5 heteroatoms. The zero-order valence-corrected chi connectivity index (χ0v) is 15.4. The van der Waals surface area contributed by atoms with Crippen molar-refractivity contribution in [3.05, 3.63) is 48.0 Å². The number of rotatable bonds is 6. The highest BCUT2D eigenvalue weighted by Gasteiger charge is 2.13. The molecule has 0 radical (unpaired) electrons. The standard InChI is InChI=1S/C20H25NO4/c1-20(2,3)14-6-8-15(9-7-14)25-13-19(22)21-17-12-16(23-4)10-11-18(17)24-5/h6-12H,13H2,1-5H3,(H,21,22). The summed E-state index contributed by atoms with van der Waals surface area (Å²) in [7, 11) is 3.11. The maximum atomic E-state index is 12.1. The highest BCUT2D eigenvalue weighted by molar-refractivity contribution is 5.93. The first-order valence-corrected chi connectivity index (χ1v) is 8.08. The molecule has 2 rings (SSSR count). The molecule has 2 aromatic carbocycles. The summed E-state index contributed by atoms with van der Waals surface area (Å²) in [6, 6.07) is 13.0. The first-order chi connectivity index (χ1) is 11.8. The lowest BCUT2D eigenvalue weighted by Gasteiger charge is -2.19. The molecule has 0 heterocycles. The van der Waals surface area contributed by atoms with Crippen LogP contribution in [0.3, 0.4) is 0 Å². The molecule has 0 saturated carbocycles. The average molecular weight is 343 g/mol. The molecule has 0 aromatic heterocycles. The second-order valence-electron chi connectivity index (χ2n) is 6.68. The Morgan fingerprint density at radius 2 is 1.60 bits per heavy atom. The molecule has 0 fully saturated rings. The van der Waals surface area contributed by atoms with Crippen LogP contribution in [0, 0.1) is 0 Å². The van der Waals surface area contributed by atoms with Crippen LogP contribution in [0.15, 0.2) is 42.5 Å². The van der Waals surface area contributed by atoms with E-state index in [4.69, 9.17) is 14.2 Å². The Morgan fingerprint density at radius 1 is 0.960 bits per heavy atom. The van der Waals surface area contributed by atoms with E-state index in [2.05, 4.69) is 26.1 Å². The Kier molecular flexibility index (Phi) is 5.91. The van der Waals surface area contributed by atoms with E-state index in [1.165, 1.54) is 5.56 Å². The number of carbonyl (C=O) groups is 1. The molecule has 1 N–H and O–H groups in total. The van der Waals surface area contributed by atoms with Gasteiger partial charge in [0.25, 0.3) is 5.91 Å². The minimum atomic E-state index is -0.272. The van der Waals surface area contributed by atoms with E-state index in [9.17, 15) is 4.79 Å². The third kappa shape index (κ3) is 5.14. The number of benzene rings is 2. The number of nitrogens with one attached hydrogen (secondary N) is 1. The Balaban J connectivity index is 1.97. The minimum absolute atomic E-state index is 0.0822. The molecule has 2 aromatic rings. The highest BCUT2D eigenvalue weighted by Crippen LogP contribution is 2.29.